The van der Waals surface area contributed by atoms with Crippen LogP contribution < -0.4 is 10.1 Å². The Morgan fingerprint density at radius 2 is 1.95 bits per heavy atom. The zero-order chi connectivity index (χ0) is 13.8. The molecule has 0 heterocycles. The number of amides is 1. The lowest BCUT2D eigenvalue weighted by molar-refractivity contribution is 0.102. The van der Waals surface area contributed by atoms with E-state index in [4.69, 9.17) is 4.74 Å². The first-order chi connectivity index (χ1) is 9.11. The monoisotopic (exact) mass is 319 g/mol. The summed E-state index contributed by atoms with van der Waals surface area (Å²) in [5.74, 6) is 0.636. The fourth-order valence-corrected chi connectivity index (χ4v) is 2.20. The van der Waals surface area contributed by atoms with Crippen LogP contribution >= 0.6 is 15.9 Å². The minimum absolute atomic E-state index is 0.138. The Morgan fingerprint density at radius 3 is 2.58 bits per heavy atom. The van der Waals surface area contributed by atoms with Crippen LogP contribution in [-0.2, 0) is 0 Å². The normalized spacial score (nSPS) is 10.1. The fourth-order valence-electron chi connectivity index (χ4n) is 1.74. The van der Waals surface area contributed by atoms with Crippen molar-refractivity contribution in [3.8, 4) is 5.75 Å². The van der Waals surface area contributed by atoms with Crippen LogP contribution in [0.5, 0.6) is 5.75 Å². The number of anilines is 1. The molecule has 0 fully saturated rings. The first kappa shape index (κ1) is 13.6. The van der Waals surface area contributed by atoms with E-state index >= 15 is 0 Å². The van der Waals surface area contributed by atoms with Gasteiger partial charge in [0.05, 0.1) is 12.7 Å². The van der Waals surface area contributed by atoms with Crippen molar-refractivity contribution in [2.45, 2.75) is 6.92 Å². The summed E-state index contributed by atoms with van der Waals surface area (Å²) in [6, 6.07) is 12.9. The molecule has 2 aromatic rings. The summed E-state index contributed by atoms with van der Waals surface area (Å²) in [5.41, 5.74) is 2.35. The highest BCUT2D eigenvalue weighted by molar-refractivity contribution is 9.10. The third kappa shape index (κ3) is 3.15. The van der Waals surface area contributed by atoms with Gasteiger partial charge in [0.15, 0.2) is 0 Å². The maximum absolute atomic E-state index is 12.2. The molecule has 2 aromatic carbocycles. The Balaban J connectivity index is 2.22. The van der Waals surface area contributed by atoms with Crippen molar-refractivity contribution >= 4 is 27.5 Å². The summed E-state index contributed by atoms with van der Waals surface area (Å²) in [6.07, 6.45) is 0. The number of carbonyl (C=O) groups is 1. The average molecular weight is 320 g/mol. The molecule has 1 N–H and O–H groups in total. The van der Waals surface area contributed by atoms with Gasteiger partial charge in [-0.25, -0.2) is 0 Å². The highest BCUT2D eigenvalue weighted by Gasteiger charge is 2.10. The van der Waals surface area contributed by atoms with E-state index in [9.17, 15) is 4.79 Å². The second kappa shape index (κ2) is 5.89. The number of hydrogen-bond donors (Lipinski definition) is 1. The van der Waals surface area contributed by atoms with E-state index in [1.165, 1.54) is 0 Å². The van der Waals surface area contributed by atoms with E-state index < -0.39 is 0 Å². The van der Waals surface area contributed by atoms with Crippen molar-refractivity contribution in [3.63, 3.8) is 0 Å². The lowest BCUT2D eigenvalue weighted by atomic mass is 10.1. The predicted molar refractivity (Wildman–Crippen MR) is 79.8 cm³/mol. The standard InChI is InChI=1S/C15H14BrNO2/c1-10-9-11(19-2)7-8-14(10)17-15(18)12-5-3-4-6-13(12)16/h3-9H,1-2H3,(H,17,18). The fraction of sp³-hybridized carbons (Fsp3) is 0.133. The lowest BCUT2D eigenvalue weighted by Gasteiger charge is -2.10. The van der Waals surface area contributed by atoms with Gasteiger partial charge >= 0.3 is 0 Å². The van der Waals surface area contributed by atoms with Gasteiger partial charge in [-0.3, -0.25) is 4.79 Å². The number of aryl methyl sites for hydroxylation is 1. The molecule has 0 unspecified atom stereocenters. The summed E-state index contributed by atoms with van der Waals surface area (Å²) in [4.78, 5) is 12.2. The lowest BCUT2D eigenvalue weighted by Crippen LogP contribution is -2.13. The van der Waals surface area contributed by atoms with Crippen molar-refractivity contribution < 1.29 is 9.53 Å². The zero-order valence-corrected chi connectivity index (χ0v) is 12.3. The van der Waals surface area contributed by atoms with Gasteiger partial charge in [0.1, 0.15) is 5.75 Å². The van der Waals surface area contributed by atoms with Crippen LogP contribution in [0.2, 0.25) is 0 Å². The maximum Gasteiger partial charge on any atom is 0.256 e. The van der Waals surface area contributed by atoms with Crippen LogP contribution in [0.4, 0.5) is 5.69 Å². The van der Waals surface area contributed by atoms with Gasteiger partial charge in [-0.2, -0.15) is 0 Å². The van der Waals surface area contributed by atoms with Crippen LogP contribution in [0.3, 0.4) is 0 Å². The predicted octanol–water partition coefficient (Wildman–Crippen LogP) is 4.02. The summed E-state index contributed by atoms with van der Waals surface area (Å²) in [7, 11) is 1.62. The topological polar surface area (TPSA) is 38.3 Å². The quantitative estimate of drug-likeness (QED) is 0.928. The Hall–Kier alpha value is -1.81. The van der Waals surface area contributed by atoms with Crippen LogP contribution in [0, 0.1) is 6.92 Å². The van der Waals surface area contributed by atoms with E-state index in [0.29, 0.717) is 5.56 Å². The number of carbonyl (C=O) groups excluding carboxylic acids is 1. The van der Waals surface area contributed by atoms with E-state index in [-0.39, 0.29) is 5.91 Å². The number of ether oxygens (including phenoxy) is 1. The van der Waals surface area contributed by atoms with Gasteiger partial charge in [-0.1, -0.05) is 12.1 Å². The zero-order valence-electron chi connectivity index (χ0n) is 10.7. The third-order valence-electron chi connectivity index (χ3n) is 2.80. The Kier molecular flexibility index (Phi) is 4.22. The first-order valence-electron chi connectivity index (χ1n) is 5.82. The largest absolute Gasteiger partial charge is 0.497 e. The minimum atomic E-state index is -0.138. The van der Waals surface area contributed by atoms with E-state index in [2.05, 4.69) is 21.2 Å². The van der Waals surface area contributed by atoms with Crippen LogP contribution in [-0.4, -0.2) is 13.0 Å². The van der Waals surface area contributed by atoms with Crippen molar-refractivity contribution in [1.82, 2.24) is 0 Å². The van der Waals surface area contributed by atoms with Crippen molar-refractivity contribution in [3.05, 3.63) is 58.1 Å². The van der Waals surface area contributed by atoms with Gasteiger partial charge in [0.25, 0.3) is 5.91 Å². The first-order valence-corrected chi connectivity index (χ1v) is 6.61. The van der Waals surface area contributed by atoms with Crippen LogP contribution in [0.1, 0.15) is 15.9 Å². The van der Waals surface area contributed by atoms with E-state index in [1.54, 1.807) is 13.2 Å². The van der Waals surface area contributed by atoms with E-state index in [1.807, 2.05) is 43.3 Å². The number of hydrogen-bond acceptors (Lipinski definition) is 2. The summed E-state index contributed by atoms with van der Waals surface area (Å²) < 4.78 is 5.92. The number of benzene rings is 2. The highest BCUT2D eigenvalue weighted by Crippen LogP contribution is 2.23. The van der Waals surface area contributed by atoms with Gasteiger partial charge in [-0.05, 0) is 58.7 Å². The second-order valence-corrected chi connectivity index (χ2v) is 4.97. The molecule has 4 heteroatoms. The summed E-state index contributed by atoms with van der Waals surface area (Å²) >= 11 is 3.37. The molecular weight excluding hydrogens is 306 g/mol. The van der Waals surface area contributed by atoms with Crippen LogP contribution in [0.25, 0.3) is 0 Å². The van der Waals surface area contributed by atoms with Crippen LogP contribution in [0.15, 0.2) is 46.9 Å². The molecule has 0 saturated heterocycles. The highest BCUT2D eigenvalue weighted by atomic mass is 79.9. The summed E-state index contributed by atoms with van der Waals surface area (Å²) in [6.45, 7) is 1.93. The Labute approximate surface area is 120 Å². The second-order valence-electron chi connectivity index (χ2n) is 4.11. The molecule has 0 aliphatic carbocycles. The van der Waals surface area contributed by atoms with Gasteiger partial charge in [0, 0.05) is 10.2 Å². The number of methoxy groups -OCH3 is 1. The molecule has 19 heavy (non-hydrogen) atoms. The molecule has 0 atom stereocenters. The molecular formula is C15H14BrNO2. The smallest absolute Gasteiger partial charge is 0.256 e. The minimum Gasteiger partial charge on any atom is -0.497 e. The van der Waals surface area contributed by atoms with Gasteiger partial charge < -0.3 is 10.1 Å². The molecule has 3 nitrogen and oxygen atoms in total. The van der Waals surface area contributed by atoms with Crippen molar-refractivity contribution in [2.75, 3.05) is 12.4 Å². The number of halogens is 1. The molecule has 0 aliphatic rings. The molecule has 0 aromatic heterocycles. The Bertz CT molecular complexity index is 611. The number of rotatable bonds is 3. The summed E-state index contributed by atoms with van der Waals surface area (Å²) in [5, 5.41) is 2.89. The van der Waals surface area contributed by atoms with Crippen molar-refractivity contribution in [2.24, 2.45) is 0 Å². The molecule has 2 rings (SSSR count). The average Bonchev–Trinajstić information content (AvgIpc) is 2.41. The molecule has 98 valence electrons. The SMILES string of the molecule is COc1ccc(NC(=O)c2ccccc2Br)c(C)c1. The van der Waals surface area contributed by atoms with E-state index in [0.717, 1.165) is 21.5 Å². The molecule has 0 radical (unpaired) electrons. The Morgan fingerprint density at radius 1 is 1.21 bits per heavy atom. The molecule has 0 aliphatic heterocycles. The van der Waals surface area contributed by atoms with Crippen molar-refractivity contribution in [1.29, 1.82) is 0 Å². The third-order valence-corrected chi connectivity index (χ3v) is 3.49. The molecule has 0 spiro atoms. The molecule has 1 amide bonds. The molecule has 0 saturated carbocycles. The molecule has 0 bridgehead atoms. The van der Waals surface area contributed by atoms with Gasteiger partial charge in [-0.15, -0.1) is 0 Å². The number of nitrogens with one attached hydrogen (secondary N) is 1. The maximum atomic E-state index is 12.2. The van der Waals surface area contributed by atoms with Gasteiger partial charge in [0.2, 0.25) is 0 Å².